The van der Waals surface area contributed by atoms with E-state index in [1.807, 2.05) is 62.4 Å². The Morgan fingerprint density at radius 3 is 2.15 bits per heavy atom. The van der Waals surface area contributed by atoms with Gasteiger partial charge in [0.15, 0.2) is 0 Å². The van der Waals surface area contributed by atoms with Crippen LogP contribution in [0.5, 0.6) is 0 Å². The third-order valence-electron chi connectivity index (χ3n) is 4.23. The van der Waals surface area contributed by atoms with Crippen LogP contribution in [0.3, 0.4) is 0 Å². The number of carbonyl (C=O) groups excluding carboxylic acids is 1. The minimum absolute atomic E-state index is 0.259. The Hall–Kier alpha value is -3.21. The predicted molar refractivity (Wildman–Crippen MR) is 110 cm³/mol. The number of carbonyl (C=O) groups is 1. The van der Waals surface area contributed by atoms with E-state index in [1.165, 1.54) is 11.1 Å². The van der Waals surface area contributed by atoms with Gasteiger partial charge in [0.2, 0.25) is 5.95 Å². The number of hydrogen-bond donors (Lipinski definition) is 2. The first-order valence-electron chi connectivity index (χ1n) is 9.01. The SMILES string of the molecule is Cc1ccc(Nc2nc(C)cc(C(=O)Nc3ccc(C(C)C)cc3)n2)cc1. The Labute approximate surface area is 159 Å². The van der Waals surface area contributed by atoms with Crippen LogP contribution in [0.25, 0.3) is 0 Å². The fraction of sp³-hybridized carbons (Fsp3) is 0.227. The van der Waals surface area contributed by atoms with Crippen molar-refractivity contribution in [2.75, 3.05) is 10.6 Å². The highest BCUT2D eigenvalue weighted by atomic mass is 16.1. The molecule has 3 rings (SSSR count). The molecule has 5 heteroatoms. The van der Waals surface area contributed by atoms with E-state index in [4.69, 9.17) is 0 Å². The van der Waals surface area contributed by atoms with Crippen molar-refractivity contribution in [1.82, 2.24) is 9.97 Å². The Morgan fingerprint density at radius 1 is 0.889 bits per heavy atom. The van der Waals surface area contributed by atoms with Crippen molar-refractivity contribution in [3.8, 4) is 0 Å². The molecule has 0 aliphatic rings. The van der Waals surface area contributed by atoms with Gasteiger partial charge in [-0.05, 0) is 55.7 Å². The maximum Gasteiger partial charge on any atom is 0.274 e. The summed E-state index contributed by atoms with van der Waals surface area (Å²) in [6, 6.07) is 17.5. The van der Waals surface area contributed by atoms with Gasteiger partial charge in [-0.3, -0.25) is 4.79 Å². The molecule has 1 amide bonds. The molecule has 138 valence electrons. The second-order valence-electron chi connectivity index (χ2n) is 6.94. The highest BCUT2D eigenvalue weighted by molar-refractivity contribution is 6.03. The van der Waals surface area contributed by atoms with E-state index >= 15 is 0 Å². The van der Waals surface area contributed by atoms with Gasteiger partial charge in [0.1, 0.15) is 5.69 Å². The van der Waals surface area contributed by atoms with Crippen molar-refractivity contribution < 1.29 is 4.79 Å². The summed E-state index contributed by atoms with van der Waals surface area (Å²) in [6.07, 6.45) is 0. The van der Waals surface area contributed by atoms with Crippen molar-refractivity contribution in [3.63, 3.8) is 0 Å². The van der Waals surface area contributed by atoms with E-state index in [0.717, 1.165) is 17.1 Å². The Kier molecular flexibility index (Phi) is 5.50. The van der Waals surface area contributed by atoms with Crippen LogP contribution in [-0.4, -0.2) is 15.9 Å². The molecule has 3 aromatic rings. The highest BCUT2D eigenvalue weighted by Gasteiger charge is 2.11. The molecule has 0 unspecified atom stereocenters. The third-order valence-corrected chi connectivity index (χ3v) is 4.23. The van der Waals surface area contributed by atoms with Crippen LogP contribution < -0.4 is 10.6 Å². The molecular weight excluding hydrogens is 336 g/mol. The lowest BCUT2D eigenvalue weighted by Crippen LogP contribution is -2.15. The molecule has 0 spiro atoms. The van der Waals surface area contributed by atoms with E-state index in [-0.39, 0.29) is 5.91 Å². The summed E-state index contributed by atoms with van der Waals surface area (Å²) >= 11 is 0. The second kappa shape index (κ2) is 7.99. The number of amides is 1. The molecule has 5 nitrogen and oxygen atoms in total. The fourth-order valence-corrected chi connectivity index (χ4v) is 2.65. The van der Waals surface area contributed by atoms with Crippen LogP contribution >= 0.6 is 0 Å². The van der Waals surface area contributed by atoms with Gasteiger partial charge in [0, 0.05) is 17.1 Å². The zero-order valence-electron chi connectivity index (χ0n) is 16.1. The number of benzene rings is 2. The second-order valence-corrected chi connectivity index (χ2v) is 6.94. The summed E-state index contributed by atoms with van der Waals surface area (Å²) in [7, 11) is 0. The quantitative estimate of drug-likeness (QED) is 0.655. The first-order chi connectivity index (χ1) is 12.9. The lowest BCUT2D eigenvalue weighted by Gasteiger charge is -2.10. The highest BCUT2D eigenvalue weighted by Crippen LogP contribution is 2.18. The standard InChI is InChI=1S/C22H24N4O/c1-14(2)17-7-11-18(12-8-17)24-21(27)20-13-16(4)23-22(26-20)25-19-9-5-15(3)6-10-19/h5-14H,1-4H3,(H,24,27)(H,23,25,26). The normalized spacial score (nSPS) is 10.7. The summed E-state index contributed by atoms with van der Waals surface area (Å²) < 4.78 is 0. The van der Waals surface area contributed by atoms with Crippen LogP contribution in [-0.2, 0) is 0 Å². The van der Waals surface area contributed by atoms with Gasteiger partial charge >= 0.3 is 0 Å². The summed E-state index contributed by atoms with van der Waals surface area (Å²) in [5, 5.41) is 6.04. The van der Waals surface area contributed by atoms with E-state index in [0.29, 0.717) is 17.6 Å². The molecular formula is C22H24N4O. The number of aromatic nitrogens is 2. The van der Waals surface area contributed by atoms with Gasteiger partial charge in [-0.2, -0.15) is 0 Å². The van der Waals surface area contributed by atoms with Gasteiger partial charge in [0.05, 0.1) is 0 Å². The Morgan fingerprint density at radius 2 is 1.52 bits per heavy atom. The van der Waals surface area contributed by atoms with Crippen LogP contribution in [0.4, 0.5) is 17.3 Å². The van der Waals surface area contributed by atoms with E-state index in [9.17, 15) is 4.79 Å². The van der Waals surface area contributed by atoms with Crippen molar-refractivity contribution in [1.29, 1.82) is 0 Å². The molecule has 0 aliphatic heterocycles. The molecule has 0 aliphatic carbocycles. The number of rotatable bonds is 5. The number of aryl methyl sites for hydroxylation is 2. The number of nitrogens with one attached hydrogen (secondary N) is 2. The average molecular weight is 360 g/mol. The first kappa shape index (κ1) is 18.6. The summed E-state index contributed by atoms with van der Waals surface area (Å²) in [6.45, 7) is 8.15. The van der Waals surface area contributed by atoms with Crippen molar-refractivity contribution >= 4 is 23.2 Å². The third kappa shape index (κ3) is 4.91. The van der Waals surface area contributed by atoms with Crippen LogP contribution in [0.15, 0.2) is 54.6 Å². The molecule has 0 bridgehead atoms. The van der Waals surface area contributed by atoms with Gasteiger partial charge in [-0.15, -0.1) is 0 Å². The average Bonchev–Trinajstić information content (AvgIpc) is 2.63. The van der Waals surface area contributed by atoms with Crippen LogP contribution in [0.2, 0.25) is 0 Å². The van der Waals surface area contributed by atoms with Crippen molar-refractivity contribution in [2.45, 2.75) is 33.6 Å². The van der Waals surface area contributed by atoms with Crippen LogP contribution in [0, 0.1) is 13.8 Å². The van der Waals surface area contributed by atoms with Crippen molar-refractivity contribution in [3.05, 3.63) is 77.1 Å². The molecule has 1 aromatic heterocycles. The Balaban J connectivity index is 1.76. The monoisotopic (exact) mass is 360 g/mol. The van der Waals surface area contributed by atoms with E-state index < -0.39 is 0 Å². The first-order valence-corrected chi connectivity index (χ1v) is 9.01. The van der Waals surface area contributed by atoms with Crippen LogP contribution in [0.1, 0.15) is 47.1 Å². The molecule has 27 heavy (non-hydrogen) atoms. The zero-order chi connectivity index (χ0) is 19.4. The topological polar surface area (TPSA) is 66.9 Å². The maximum atomic E-state index is 12.6. The van der Waals surface area contributed by atoms with Gasteiger partial charge in [-0.1, -0.05) is 43.7 Å². The Bertz CT molecular complexity index is 932. The minimum atomic E-state index is -0.259. The molecule has 0 saturated heterocycles. The summed E-state index contributed by atoms with van der Waals surface area (Å²) in [4.78, 5) is 21.3. The molecule has 0 fully saturated rings. The lowest BCUT2D eigenvalue weighted by atomic mass is 10.0. The fourth-order valence-electron chi connectivity index (χ4n) is 2.65. The largest absolute Gasteiger partial charge is 0.324 e. The van der Waals surface area contributed by atoms with Crippen molar-refractivity contribution in [2.24, 2.45) is 0 Å². The number of anilines is 3. The maximum absolute atomic E-state index is 12.6. The van der Waals surface area contributed by atoms with E-state index in [1.54, 1.807) is 6.07 Å². The van der Waals surface area contributed by atoms with Gasteiger partial charge < -0.3 is 10.6 Å². The summed E-state index contributed by atoms with van der Waals surface area (Å²) in [5.41, 5.74) is 5.07. The minimum Gasteiger partial charge on any atom is -0.324 e. The predicted octanol–water partition coefficient (Wildman–Crippen LogP) is 5.21. The molecule has 2 aromatic carbocycles. The van der Waals surface area contributed by atoms with Gasteiger partial charge in [-0.25, -0.2) is 9.97 Å². The zero-order valence-corrected chi connectivity index (χ0v) is 16.1. The molecule has 0 radical (unpaired) electrons. The van der Waals surface area contributed by atoms with E-state index in [2.05, 4.69) is 34.4 Å². The lowest BCUT2D eigenvalue weighted by molar-refractivity contribution is 0.102. The summed E-state index contributed by atoms with van der Waals surface area (Å²) in [5.74, 6) is 0.596. The molecule has 0 atom stereocenters. The molecule has 0 saturated carbocycles. The molecule has 1 heterocycles. The smallest absolute Gasteiger partial charge is 0.274 e. The molecule has 2 N–H and O–H groups in total. The number of nitrogens with zero attached hydrogens (tertiary/aromatic N) is 2. The number of hydrogen-bond acceptors (Lipinski definition) is 4. The van der Waals surface area contributed by atoms with Gasteiger partial charge in [0.25, 0.3) is 5.91 Å².